The lowest BCUT2D eigenvalue weighted by Crippen LogP contribution is -2.39. The van der Waals surface area contributed by atoms with E-state index < -0.39 is 17.8 Å². The van der Waals surface area contributed by atoms with Crippen molar-refractivity contribution < 1.29 is 27.2 Å². The molecule has 0 aliphatic rings. The number of nitrogens with one attached hydrogen (secondary N) is 1. The lowest BCUT2D eigenvalue weighted by Gasteiger charge is -2.15. The van der Waals surface area contributed by atoms with Crippen LogP contribution in [-0.2, 0) is 12.6 Å². The first-order chi connectivity index (χ1) is 13.3. The van der Waals surface area contributed by atoms with E-state index in [0.717, 1.165) is 17.7 Å². The quantitative estimate of drug-likeness (QED) is 0.622. The Kier molecular flexibility index (Phi) is 5.62. The van der Waals surface area contributed by atoms with Crippen LogP contribution in [0.25, 0.3) is 5.32 Å². The van der Waals surface area contributed by atoms with E-state index in [4.69, 9.17) is 4.52 Å². The number of nitrogens with zero attached hydrogens (tertiary/aromatic N) is 3. The standard InChI is InChI=1S/C19H17F3N4O2/c1-13(10-14-6-3-2-4-7-14)26-12-17(28-25-26)24-18(27)23-16-9-5-8-15(11-16)19(20,21)22/h2-9,11-13H,10H2,1H3,(H-,23,24,25,27). The zero-order valence-electron chi connectivity index (χ0n) is 14.8. The first-order valence-corrected chi connectivity index (χ1v) is 8.43. The van der Waals surface area contributed by atoms with Crippen molar-refractivity contribution in [3.8, 4) is 0 Å². The SMILES string of the molecule is CC(Cc1ccccc1)[n+]1cc([N-]C(=O)Nc2cccc(C(F)(F)F)c2)on1. The van der Waals surface area contributed by atoms with Crippen LogP contribution in [-0.4, -0.2) is 11.3 Å². The molecule has 2 amide bonds. The minimum Gasteiger partial charge on any atom is -0.424 e. The molecule has 28 heavy (non-hydrogen) atoms. The molecule has 0 aliphatic carbocycles. The predicted octanol–water partition coefficient (Wildman–Crippen LogP) is 5.02. The molecule has 0 spiro atoms. The maximum Gasteiger partial charge on any atom is 0.416 e. The average Bonchev–Trinajstić information content (AvgIpc) is 3.10. The van der Waals surface area contributed by atoms with Crippen LogP contribution in [0.5, 0.6) is 0 Å². The average molecular weight is 390 g/mol. The number of aromatic nitrogens is 2. The van der Waals surface area contributed by atoms with Crippen molar-refractivity contribution in [3.05, 3.63) is 77.2 Å². The highest BCUT2D eigenvalue weighted by Crippen LogP contribution is 2.31. The number of benzene rings is 2. The fraction of sp³-hybridized carbons (Fsp3) is 0.211. The van der Waals surface area contributed by atoms with Crippen molar-refractivity contribution >= 4 is 17.6 Å². The highest BCUT2D eigenvalue weighted by atomic mass is 19.4. The summed E-state index contributed by atoms with van der Waals surface area (Å²) in [6, 6.07) is 13.2. The summed E-state index contributed by atoms with van der Waals surface area (Å²) in [5.41, 5.74) is 0.234. The number of rotatable bonds is 5. The molecule has 0 bridgehead atoms. The van der Waals surface area contributed by atoms with Gasteiger partial charge in [-0.2, -0.15) is 13.2 Å². The molecule has 1 unspecified atom stereocenters. The van der Waals surface area contributed by atoms with Gasteiger partial charge in [-0.05, 0) is 22.0 Å². The minimum atomic E-state index is -4.50. The van der Waals surface area contributed by atoms with Gasteiger partial charge in [0.2, 0.25) is 12.1 Å². The minimum absolute atomic E-state index is 0.0200. The zero-order chi connectivity index (χ0) is 20.1. The van der Waals surface area contributed by atoms with Crippen molar-refractivity contribution in [2.75, 3.05) is 5.32 Å². The van der Waals surface area contributed by atoms with Gasteiger partial charge in [0.1, 0.15) is 0 Å². The van der Waals surface area contributed by atoms with Crippen LogP contribution in [0.3, 0.4) is 0 Å². The van der Waals surface area contributed by atoms with Crippen molar-refractivity contribution in [2.45, 2.75) is 25.6 Å². The summed E-state index contributed by atoms with van der Waals surface area (Å²) in [6.45, 7) is 1.93. The largest absolute Gasteiger partial charge is 0.424 e. The molecule has 0 saturated carbocycles. The van der Waals surface area contributed by atoms with E-state index in [1.54, 1.807) is 0 Å². The highest BCUT2D eigenvalue weighted by molar-refractivity contribution is 6.03. The van der Waals surface area contributed by atoms with E-state index in [1.165, 1.54) is 23.0 Å². The lowest BCUT2D eigenvalue weighted by molar-refractivity contribution is -0.782. The molecule has 9 heteroatoms. The predicted molar refractivity (Wildman–Crippen MR) is 95.0 cm³/mol. The van der Waals surface area contributed by atoms with Gasteiger partial charge in [-0.15, -0.1) is 0 Å². The summed E-state index contributed by atoms with van der Waals surface area (Å²) in [7, 11) is 0. The van der Waals surface area contributed by atoms with Crippen molar-refractivity contribution in [1.29, 1.82) is 0 Å². The van der Waals surface area contributed by atoms with E-state index in [0.29, 0.717) is 6.42 Å². The molecule has 0 saturated heterocycles. The van der Waals surface area contributed by atoms with E-state index in [-0.39, 0.29) is 17.6 Å². The summed E-state index contributed by atoms with van der Waals surface area (Å²) >= 11 is 0. The summed E-state index contributed by atoms with van der Waals surface area (Å²) in [5, 5.41) is 9.79. The first-order valence-electron chi connectivity index (χ1n) is 8.43. The van der Waals surface area contributed by atoms with E-state index in [1.807, 2.05) is 37.3 Å². The number of carbonyl (C=O) groups excluding carboxylic acids is 1. The Morgan fingerprint density at radius 3 is 2.68 bits per heavy atom. The number of anilines is 1. The molecule has 3 aromatic rings. The number of halogens is 3. The van der Waals surface area contributed by atoms with Crippen molar-refractivity contribution in [2.24, 2.45) is 0 Å². The fourth-order valence-corrected chi connectivity index (χ4v) is 2.58. The second-order valence-electron chi connectivity index (χ2n) is 6.18. The zero-order valence-corrected chi connectivity index (χ0v) is 14.8. The van der Waals surface area contributed by atoms with Crippen LogP contribution >= 0.6 is 0 Å². The number of alkyl halides is 3. The van der Waals surface area contributed by atoms with E-state index in [9.17, 15) is 18.0 Å². The third-order valence-corrected chi connectivity index (χ3v) is 3.95. The fourth-order valence-electron chi connectivity index (χ4n) is 2.58. The van der Waals surface area contributed by atoms with Gasteiger partial charge < -0.3 is 15.2 Å². The molecule has 2 aromatic carbocycles. The molecule has 0 aliphatic heterocycles. The van der Waals surface area contributed by atoms with Crippen LogP contribution in [0.1, 0.15) is 24.1 Å². The molecular formula is C19H17F3N4O2. The molecule has 0 fully saturated rings. The maximum absolute atomic E-state index is 12.7. The van der Waals surface area contributed by atoms with Crippen LogP contribution in [0, 0.1) is 0 Å². The van der Waals surface area contributed by atoms with Crippen LogP contribution < -0.4 is 10.00 Å². The highest BCUT2D eigenvalue weighted by Gasteiger charge is 2.30. The third kappa shape index (κ3) is 5.09. The van der Waals surface area contributed by atoms with Crippen LogP contribution in [0.4, 0.5) is 29.5 Å². The van der Waals surface area contributed by atoms with Crippen molar-refractivity contribution in [3.63, 3.8) is 0 Å². The van der Waals surface area contributed by atoms with E-state index >= 15 is 0 Å². The van der Waals surface area contributed by atoms with Gasteiger partial charge in [0.05, 0.1) is 5.56 Å². The third-order valence-electron chi connectivity index (χ3n) is 3.95. The topological polar surface area (TPSA) is 73.1 Å². The van der Waals surface area contributed by atoms with Gasteiger partial charge in [-0.3, -0.25) is 4.79 Å². The molecule has 3 rings (SSSR count). The molecule has 1 atom stereocenters. The van der Waals surface area contributed by atoms with Crippen molar-refractivity contribution in [1.82, 2.24) is 5.27 Å². The first kappa shape index (κ1) is 19.4. The van der Waals surface area contributed by atoms with Gasteiger partial charge in [-0.25, -0.2) is 0 Å². The summed E-state index contributed by atoms with van der Waals surface area (Å²) in [4.78, 5) is 12.0. The molecule has 1 heterocycles. The second-order valence-corrected chi connectivity index (χ2v) is 6.18. The Bertz CT molecular complexity index is 942. The monoisotopic (exact) mass is 390 g/mol. The number of hydrogen-bond acceptors (Lipinski definition) is 3. The summed E-state index contributed by atoms with van der Waals surface area (Å²) < 4.78 is 44.7. The number of urea groups is 1. The van der Waals surface area contributed by atoms with Gasteiger partial charge in [0.15, 0.2) is 17.3 Å². The normalized spacial score (nSPS) is 12.4. The molecule has 1 N–H and O–H groups in total. The second kappa shape index (κ2) is 8.12. The Morgan fingerprint density at radius 1 is 1.21 bits per heavy atom. The maximum atomic E-state index is 12.7. The van der Waals surface area contributed by atoms with E-state index in [2.05, 4.69) is 15.9 Å². The molecular weight excluding hydrogens is 373 g/mol. The number of amides is 2. The Morgan fingerprint density at radius 2 is 1.96 bits per heavy atom. The Labute approximate surface area is 158 Å². The van der Waals surface area contributed by atoms with Gasteiger partial charge in [0.25, 0.3) is 0 Å². The summed E-state index contributed by atoms with van der Waals surface area (Å²) in [6.07, 6.45) is -2.34. The summed E-state index contributed by atoms with van der Waals surface area (Å²) in [5.74, 6) is -0.0515. The Balaban J connectivity index is 1.59. The molecule has 146 valence electrons. The molecule has 1 aromatic heterocycles. The van der Waals surface area contributed by atoms with Gasteiger partial charge >= 0.3 is 6.18 Å². The smallest absolute Gasteiger partial charge is 0.416 e. The van der Waals surface area contributed by atoms with Gasteiger partial charge in [-0.1, -0.05) is 48.5 Å². The van der Waals surface area contributed by atoms with Crippen LogP contribution in [0.15, 0.2) is 65.3 Å². The van der Waals surface area contributed by atoms with Gasteiger partial charge in [0, 0.05) is 13.3 Å². The van der Waals surface area contributed by atoms with Crippen LogP contribution in [0.2, 0.25) is 0 Å². The molecule has 0 radical (unpaired) electrons. The lowest BCUT2D eigenvalue weighted by atomic mass is 10.1. The molecule has 6 nitrogen and oxygen atoms in total. The Hall–Kier alpha value is -3.36. The number of carbonyl (C=O) groups is 1. The number of hydrogen-bond donors (Lipinski definition) is 1.